The third kappa shape index (κ3) is 4.27. The van der Waals surface area contributed by atoms with Gasteiger partial charge in [0, 0.05) is 18.2 Å². The van der Waals surface area contributed by atoms with Crippen molar-refractivity contribution in [1.29, 1.82) is 0 Å². The first-order valence-electron chi connectivity index (χ1n) is 9.17. The minimum atomic E-state index is -3.12. The molecule has 150 valence electrons. The minimum absolute atomic E-state index is 0.0253. The van der Waals surface area contributed by atoms with Crippen LogP contribution in [0.2, 0.25) is 0 Å². The monoisotopic (exact) mass is 405 g/mol. The quantitative estimate of drug-likeness (QED) is 0.686. The number of nitrogens with zero attached hydrogens (tertiary/aromatic N) is 1. The fourth-order valence-corrected chi connectivity index (χ4v) is 5.16. The van der Waals surface area contributed by atoms with Crippen LogP contribution in [0.1, 0.15) is 30.8 Å². The van der Waals surface area contributed by atoms with E-state index in [0.717, 1.165) is 5.56 Å². The molecule has 0 bridgehead atoms. The first-order valence-corrected chi connectivity index (χ1v) is 11.0. The molecule has 1 aromatic heterocycles. The number of amides is 1. The van der Waals surface area contributed by atoms with E-state index in [2.05, 4.69) is 0 Å². The predicted molar refractivity (Wildman–Crippen MR) is 103 cm³/mol. The van der Waals surface area contributed by atoms with Gasteiger partial charge in [-0.05, 0) is 31.9 Å². The number of carbonyl (C=O) groups is 2. The summed E-state index contributed by atoms with van der Waals surface area (Å²) in [6.07, 6.45) is 0.746. The zero-order chi connectivity index (χ0) is 20.3. The first kappa shape index (κ1) is 20.1. The molecule has 3 rings (SSSR count). The number of carbonyl (C=O) groups excluding carboxylic acids is 2. The van der Waals surface area contributed by atoms with Crippen LogP contribution in [0.5, 0.6) is 0 Å². The average molecular weight is 405 g/mol. The zero-order valence-electron chi connectivity index (χ0n) is 15.8. The molecule has 1 saturated heterocycles. The van der Waals surface area contributed by atoms with Crippen LogP contribution >= 0.6 is 0 Å². The predicted octanol–water partition coefficient (Wildman–Crippen LogP) is 2.53. The molecule has 1 aromatic carbocycles. The maximum absolute atomic E-state index is 12.8. The van der Waals surface area contributed by atoms with Crippen molar-refractivity contribution in [2.24, 2.45) is 0 Å². The summed E-state index contributed by atoms with van der Waals surface area (Å²) >= 11 is 0. The maximum Gasteiger partial charge on any atom is 0.375 e. The van der Waals surface area contributed by atoms with Crippen molar-refractivity contribution in [3.63, 3.8) is 0 Å². The zero-order valence-corrected chi connectivity index (χ0v) is 16.6. The fourth-order valence-electron chi connectivity index (χ4n) is 3.43. The Labute approximate surface area is 164 Å². The maximum atomic E-state index is 12.8. The molecule has 1 amide bonds. The van der Waals surface area contributed by atoms with Crippen LogP contribution in [0.25, 0.3) is 11.1 Å². The van der Waals surface area contributed by atoms with Crippen molar-refractivity contribution in [3.05, 3.63) is 48.4 Å². The number of esters is 1. The highest BCUT2D eigenvalue weighted by Crippen LogP contribution is 2.26. The molecule has 1 aliphatic rings. The van der Waals surface area contributed by atoms with Crippen molar-refractivity contribution in [1.82, 2.24) is 4.90 Å². The molecular weight excluding hydrogens is 382 g/mol. The van der Waals surface area contributed by atoms with Crippen LogP contribution in [0.3, 0.4) is 0 Å². The van der Waals surface area contributed by atoms with Gasteiger partial charge in [0.2, 0.25) is 5.76 Å². The molecule has 2 heterocycles. The average Bonchev–Trinajstić information content (AvgIpc) is 3.29. The number of benzene rings is 1. The Bertz CT molecular complexity index is 950. The highest BCUT2D eigenvalue weighted by Gasteiger charge is 2.36. The van der Waals surface area contributed by atoms with Crippen LogP contribution in [-0.2, 0) is 19.4 Å². The Balaban J connectivity index is 1.71. The Morgan fingerprint density at radius 2 is 1.96 bits per heavy atom. The molecule has 2 atom stereocenters. The lowest BCUT2D eigenvalue weighted by Crippen LogP contribution is -2.46. The highest BCUT2D eigenvalue weighted by molar-refractivity contribution is 7.91. The number of hydrogen-bond donors (Lipinski definition) is 0. The Kier molecular flexibility index (Phi) is 5.88. The van der Waals surface area contributed by atoms with Gasteiger partial charge in [-0.3, -0.25) is 4.79 Å². The van der Waals surface area contributed by atoms with Crippen LogP contribution in [0.4, 0.5) is 0 Å². The summed E-state index contributed by atoms with van der Waals surface area (Å²) in [5.74, 6) is -1.10. The summed E-state index contributed by atoms with van der Waals surface area (Å²) in [5.41, 5.74) is 1.38. The first-order chi connectivity index (χ1) is 13.3. The van der Waals surface area contributed by atoms with Gasteiger partial charge in [0.15, 0.2) is 15.9 Å². The van der Waals surface area contributed by atoms with Crippen molar-refractivity contribution >= 4 is 21.7 Å². The lowest BCUT2D eigenvalue weighted by molar-refractivity contribution is -0.141. The van der Waals surface area contributed by atoms with E-state index in [1.807, 2.05) is 30.3 Å². The van der Waals surface area contributed by atoms with Gasteiger partial charge in [-0.25, -0.2) is 13.2 Å². The van der Waals surface area contributed by atoms with Crippen molar-refractivity contribution in [3.8, 4) is 11.1 Å². The van der Waals surface area contributed by atoms with E-state index in [-0.39, 0.29) is 23.3 Å². The third-order valence-corrected chi connectivity index (χ3v) is 6.59. The van der Waals surface area contributed by atoms with Gasteiger partial charge in [0.05, 0.1) is 17.8 Å². The number of likely N-dealkylation sites (N-methyl/N-ethyl adjacent to an activating group) is 1. The molecule has 0 radical (unpaired) electrons. The van der Waals surface area contributed by atoms with E-state index in [4.69, 9.17) is 9.15 Å². The summed E-state index contributed by atoms with van der Waals surface area (Å²) in [6, 6.07) is 10.5. The SMILES string of the molecule is CCN(C(=O)C(C)OC(=O)c1occc1-c1ccccc1)C1CCS(=O)(=O)C1. The summed E-state index contributed by atoms with van der Waals surface area (Å²) < 4.78 is 34.1. The Morgan fingerprint density at radius 3 is 2.57 bits per heavy atom. The second kappa shape index (κ2) is 8.18. The number of sulfone groups is 1. The molecule has 0 saturated carbocycles. The minimum Gasteiger partial charge on any atom is -0.457 e. The van der Waals surface area contributed by atoms with Crippen LogP contribution in [-0.4, -0.2) is 55.4 Å². The molecule has 0 aliphatic carbocycles. The third-order valence-electron chi connectivity index (χ3n) is 4.84. The van der Waals surface area contributed by atoms with Gasteiger partial charge < -0.3 is 14.1 Å². The van der Waals surface area contributed by atoms with E-state index >= 15 is 0 Å². The molecule has 0 N–H and O–H groups in total. The molecule has 7 nitrogen and oxygen atoms in total. The molecule has 1 fully saturated rings. The molecule has 28 heavy (non-hydrogen) atoms. The van der Waals surface area contributed by atoms with Crippen molar-refractivity contribution < 1.29 is 27.2 Å². The molecule has 0 spiro atoms. The second-order valence-corrected chi connectivity index (χ2v) is 8.99. The van der Waals surface area contributed by atoms with E-state index < -0.39 is 27.8 Å². The molecule has 2 unspecified atom stereocenters. The topological polar surface area (TPSA) is 93.9 Å². The van der Waals surface area contributed by atoms with Gasteiger partial charge in [-0.1, -0.05) is 30.3 Å². The van der Waals surface area contributed by atoms with Crippen LogP contribution in [0, 0.1) is 0 Å². The van der Waals surface area contributed by atoms with Gasteiger partial charge in [0.25, 0.3) is 5.91 Å². The fraction of sp³-hybridized carbons (Fsp3) is 0.400. The highest BCUT2D eigenvalue weighted by atomic mass is 32.2. The van der Waals surface area contributed by atoms with Gasteiger partial charge in [-0.15, -0.1) is 0 Å². The van der Waals surface area contributed by atoms with Gasteiger partial charge in [0.1, 0.15) is 0 Å². The van der Waals surface area contributed by atoms with Crippen molar-refractivity contribution in [2.45, 2.75) is 32.4 Å². The van der Waals surface area contributed by atoms with E-state index in [1.54, 1.807) is 13.0 Å². The summed E-state index contributed by atoms with van der Waals surface area (Å²) in [5, 5.41) is 0. The van der Waals surface area contributed by atoms with Gasteiger partial charge >= 0.3 is 5.97 Å². The smallest absolute Gasteiger partial charge is 0.375 e. The van der Waals surface area contributed by atoms with Crippen LogP contribution < -0.4 is 0 Å². The van der Waals surface area contributed by atoms with E-state index in [1.165, 1.54) is 18.1 Å². The lowest BCUT2D eigenvalue weighted by atomic mass is 10.1. The number of furan rings is 1. The van der Waals surface area contributed by atoms with Gasteiger partial charge in [-0.2, -0.15) is 0 Å². The lowest BCUT2D eigenvalue weighted by Gasteiger charge is -2.29. The molecule has 8 heteroatoms. The molecule has 1 aliphatic heterocycles. The summed E-state index contributed by atoms with van der Waals surface area (Å²) in [6.45, 7) is 3.60. The van der Waals surface area contributed by atoms with Crippen LogP contribution in [0.15, 0.2) is 47.1 Å². The summed E-state index contributed by atoms with van der Waals surface area (Å²) in [7, 11) is -3.12. The number of hydrogen-bond acceptors (Lipinski definition) is 6. The van der Waals surface area contributed by atoms with Crippen molar-refractivity contribution in [2.75, 3.05) is 18.1 Å². The number of rotatable bonds is 6. The molecule has 2 aromatic rings. The second-order valence-electron chi connectivity index (χ2n) is 6.76. The normalized spacial score (nSPS) is 19.1. The summed E-state index contributed by atoms with van der Waals surface area (Å²) in [4.78, 5) is 26.8. The Hall–Kier alpha value is -2.61. The Morgan fingerprint density at radius 1 is 1.25 bits per heavy atom. The van der Waals surface area contributed by atoms with E-state index in [9.17, 15) is 18.0 Å². The molecular formula is C20H23NO6S. The standard InChI is InChI=1S/C20H23NO6S/c1-3-21(16-10-12-28(24,25)13-16)19(22)14(2)27-20(23)18-17(9-11-26-18)15-7-5-4-6-8-15/h4-9,11,14,16H,3,10,12-13H2,1-2H3. The van der Waals surface area contributed by atoms with E-state index in [0.29, 0.717) is 18.5 Å². The largest absolute Gasteiger partial charge is 0.457 e. The number of ether oxygens (including phenoxy) is 1.